The van der Waals surface area contributed by atoms with Crippen LogP contribution >= 0.6 is 0 Å². The average molecular weight is 441 g/mol. The Bertz CT molecular complexity index is 421. The maximum atomic E-state index is 12.4. The fourth-order valence-electron chi connectivity index (χ4n) is 4.32. The van der Waals surface area contributed by atoms with E-state index in [0.717, 1.165) is 38.5 Å². The third-order valence-corrected chi connectivity index (χ3v) is 6.23. The second-order valence-electron chi connectivity index (χ2n) is 9.16. The van der Waals surface area contributed by atoms with Crippen molar-refractivity contribution >= 4 is 11.9 Å². The highest BCUT2D eigenvalue weighted by Gasteiger charge is 2.30. The summed E-state index contributed by atoms with van der Waals surface area (Å²) in [5.74, 6) is -0.867. The zero-order chi connectivity index (χ0) is 23.2. The van der Waals surface area contributed by atoms with Gasteiger partial charge in [-0.05, 0) is 19.3 Å². The first-order valence-corrected chi connectivity index (χ1v) is 13.3. The molecule has 0 spiro atoms. The number of carbonyl (C=O) groups excluding carboxylic acids is 2. The van der Waals surface area contributed by atoms with E-state index in [0.29, 0.717) is 0 Å². The second-order valence-corrected chi connectivity index (χ2v) is 9.16. The minimum atomic E-state index is -0.348. The minimum absolute atomic E-state index is 0.233. The van der Waals surface area contributed by atoms with Crippen molar-refractivity contribution in [1.82, 2.24) is 0 Å². The summed E-state index contributed by atoms with van der Waals surface area (Å²) in [6.45, 7) is 5.89. The summed E-state index contributed by atoms with van der Waals surface area (Å²) in [5, 5.41) is 0. The number of carbonyl (C=O) groups is 2. The summed E-state index contributed by atoms with van der Waals surface area (Å²) in [7, 11) is 1.43. The first-order chi connectivity index (χ1) is 15.1. The van der Waals surface area contributed by atoms with Crippen LogP contribution in [0.15, 0.2) is 0 Å². The molecule has 31 heavy (non-hydrogen) atoms. The molecule has 0 aromatic rings. The number of unbranched alkanes of at least 4 members (excludes halogenated alkanes) is 15. The molecule has 4 nitrogen and oxygen atoms in total. The first kappa shape index (κ1) is 29.9. The standard InChI is InChI=1S/C27H52O4/c1-5-7-9-11-12-13-14-15-16-17-19-20-22-25(27(29)30-4)26(31-24(3)28)23-21-18-10-8-6-2/h25-26H,5-23H2,1-4H3/t25-,26-/m0/s1. The molecule has 0 N–H and O–H groups in total. The van der Waals surface area contributed by atoms with Crippen LogP contribution in [0.2, 0.25) is 0 Å². The molecule has 0 aromatic carbocycles. The molecule has 2 atom stereocenters. The largest absolute Gasteiger partial charge is 0.469 e. The highest BCUT2D eigenvalue weighted by Crippen LogP contribution is 2.24. The number of ether oxygens (including phenoxy) is 2. The average Bonchev–Trinajstić information content (AvgIpc) is 2.75. The quantitative estimate of drug-likeness (QED) is 0.126. The summed E-state index contributed by atoms with van der Waals surface area (Å²) < 4.78 is 10.6. The molecule has 0 saturated heterocycles. The summed E-state index contributed by atoms with van der Waals surface area (Å²) >= 11 is 0. The lowest BCUT2D eigenvalue weighted by Gasteiger charge is -2.25. The lowest BCUT2D eigenvalue weighted by atomic mass is 9.91. The maximum absolute atomic E-state index is 12.4. The third-order valence-electron chi connectivity index (χ3n) is 6.23. The SMILES string of the molecule is CCCCCCCCCCCCCC[C@H](C(=O)OC)[C@H](CCCCCCC)OC(C)=O. The highest BCUT2D eigenvalue weighted by molar-refractivity contribution is 5.74. The van der Waals surface area contributed by atoms with Crippen molar-refractivity contribution < 1.29 is 19.1 Å². The van der Waals surface area contributed by atoms with Crippen LogP contribution in [0.3, 0.4) is 0 Å². The molecule has 0 aliphatic heterocycles. The van der Waals surface area contributed by atoms with Gasteiger partial charge in [0.1, 0.15) is 6.10 Å². The van der Waals surface area contributed by atoms with Gasteiger partial charge in [0, 0.05) is 6.92 Å². The Labute approximate surface area is 193 Å². The Morgan fingerprint density at radius 1 is 0.613 bits per heavy atom. The maximum Gasteiger partial charge on any atom is 0.312 e. The van der Waals surface area contributed by atoms with Gasteiger partial charge in [-0.3, -0.25) is 9.59 Å². The molecular weight excluding hydrogens is 388 g/mol. The monoisotopic (exact) mass is 440 g/mol. The molecule has 0 unspecified atom stereocenters. The third kappa shape index (κ3) is 18.2. The molecule has 0 amide bonds. The fourth-order valence-corrected chi connectivity index (χ4v) is 4.32. The Morgan fingerprint density at radius 3 is 1.39 bits per heavy atom. The van der Waals surface area contributed by atoms with Gasteiger partial charge in [-0.15, -0.1) is 0 Å². The van der Waals surface area contributed by atoms with Crippen LogP contribution in [0, 0.1) is 5.92 Å². The molecule has 0 aliphatic rings. The number of hydrogen-bond donors (Lipinski definition) is 0. The van der Waals surface area contributed by atoms with Crippen molar-refractivity contribution in [3.05, 3.63) is 0 Å². The smallest absolute Gasteiger partial charge is 0.312 e. The van der Waals surface area contributed by atoms with Gasteiger partial charge in [-0.25, -0.2) is 0 Å². The molecule has 4 heteroatoms. The molecule has 0 radical (unpaired) electrons. The van der Waals surface area contributed by atoms with Gasteiger partial charge >= 0.3 is 11.9 Å². The van der Waals surface area contributed by atoms with E-state index in [4.69, 9.17) is 9.47 Å². The van der Waals surface area contributed by atoms with Gasteiger partial charge in [0.2, 0.25) is 0 Å². The van der Waals surface area contributed by atoms with Crippen LogP contribution in [0.4, 0.5) is 0 Å². The van der Waals surface area contributed by atoms with E-state index in [1.165, 1.54) is 97.5 Å². The highest BCUT2D eigenvalue weighted by atomic mass is 16.6. The fraction of sp³-hybridized carbons (Fsp3) is 0.926. The number of methoxy groups -OCH3 is 1. The van der Waals surface area contributed by atoms with Gasteiger partial charge in [-0.2, -0.15) is 0 Å². The molecule has 0 saturated carbocycles. The summed E-state index contributed by atoms with van der Waals surface area (Å²) in [5.41, 5.74) is 0. The Kier molecular flexibility index (Phi) is 21.4. The molecule has 184 valence electrons. The van der Waals surface area contributed by atoms with Gasteiger partial charge in [0.05, 0.1) is 13.0 Å². The summed E-state index contributed by atoms with van der Waals surface area (Å²) in [6, 6.07) is 0. The van der Waals surface area contributed by atoms with E-state index in [1.807, 2.05) is 0 Å². The van der Waals surface area contributed by atoms with Crippen molar-refractivity contribution in [3.63, 3.8) is 0 Å². The van der Waals surface area contributed by atoms with Gasteiger partial charge in [0.25, 0.3) is 0 Å². The van der Waals surface area contributed by atoms with Crippen LogP contribution in [0.5, 0.6) is 0 Å². The molecule has 0 heterocycles. The van der Waals surface area contributed by atoms with Crippen LogP contribution in [0.1, 0.15) is 143 Å². The van der Waals surface area contributed by atoms with Gasteiger partial charge in [0.15, 0.2) is 0 Å². The van der Waals surface area contributed by atoms with Crippen molar-refractivity contribution in [2.45, 2.75) is 149 Å². The molecule has 0 bridgehead atoms. The zero-order valence-corrected chi connectivity index (χ0v) is 21.2. The van der Waals surface area contributed by atoms with Crippen molar-refractivity contribution in [2.24, 2.45) is 5.92 Å². The predicted octanol–water partition coefficient (Wildman–Crippen LogP) is 8.16. The predicted molar refractivity (Wildman–Crippen MR) is 130 cm³/mol. The van der Waals surface area contributed by atoms with Crippen molar-refractivity contribution in [3.8, 4) is 0 Å². The summed E-state index contributed by atoms with van der Waals surface area (Å²) in [6.07, 6.45) is 22.4. The lowest BCUT2D eigenvalue weighted by Crippen LogP contribution is -2.33. The molecule has 0 fully saturated rings. The van der Waals surface area contributed by atoms with E-state index >= 15 is 0 Å². The van der Waals surface area contributed by atoms with Crippen LogP contribution in [0.25, 0.3) is 0 Å². The van der Waals surface area contributed by atoms with Crippen LogP contribution in [-0.4, -0.2) is 25.2 Å². The molecule has 0 aromatic heterocycles. The Morgan fingerprint density at radius 2 is 1.00 bits per heavy atom. The zero-order valence-electron chi connectivity index (χ0n) is 21.2. The van der Waals surface area contributed by atoms with E-state index in [9.17, 15) is 9.59 Å². The topological polar surface area (TPSA) is 52.6 Å². The summed E-state index contributed by atoms with van der Waals surface area (Å²) in [4.78, 5) is 24.0. The van der Waals surface area contributed by atoms with E-state index < -0.39 is 0 Å². The molecule has 0 aliphatic carbocycles. The van der Waals surface area contributed by atoms with Crippen molar-refractivity contribution in [2.75, 3.05) is 7.11 Å². The normalized spacial score (nSPS) is 13.0. The van der Waals surface area contributed by atoms with E-state index in [2.05, 4.69) is 13.8 Å². The lowest BCUT2D eigenvalue weighted by molar-refractivity contribution is -0.160. The Hall–Kier alpha value is -1.06. The van der Waals surface area contributed by atoms with Gasteiger partial charge in [-0.1, -0.05) is 117 Å². The number of rotatable bonds is 22. The van der Waals surface area contributed by atoms with E-state index in [-0.39, 0.29) is 24.0 Å². The minimum Gasteiger partial charge on any atom is -0.469 e. The van der Waals surface area contributed by atoms with Crippen molar-refractivity contribution in [1.29, 1.82) is 0 Å². The van der Waals surface area contributed by atoms with E-state index in [1.54, 1.807) is 0 Å². The number of hydrogen-bond acceptors (Lipinski definition) is 4. The van der Waals surface area contributed by atoms with Crippen LogP contribution in [-0.2, 0) is 19.1 Å². The molecular formula is C27H52O4. The van der Waals surface area contributed by atoms with Gasteiger partial charge < -0.3 is 9.47 Å². The van der Waals surface area contributed by atoms with Crippen LogP contribution < -0.4 is 0 Å². The second kappa shape index (κ2) is 22.1. The number of esters is 2. The Balaban J connectivity index is 4.16. The first-order valence-electron chi connectivity index (χ1n) is 13.3. The molecule has 0 rings (SSSR count).